The molecule has 0 amide bonds. The van der Waals surface area contributed by atoms with Crippen LogP contribution in [0.3, 0.4) is 0 Å². The first-order valence-electron chi connectivity index (χ1n) is 6.93. The molecule has 1 aliphatic heterocycles. The minimum Gasteiger partial charge on any atom is -0.389 e. The number of piperazine rings is 1. The van der Waals surface area contributed by atoms with Crippen LogP contribution in [0, 0.1) is 0 Å². The lowest BCUT2D eigenvalue weighted by atomic mass is 10.2. The first-order chi connectivity index (χ1) is 9.28. The van der Waals surface area contributed by atoms with E-state index in [1.807, 2.05) is 0 Å². The number of nitrogens with zero attached hydrogens (tertiary/aromatic N) is 2. The molecule has 4 heteroatoms. The zero-order valence-corrected chi connectivity index (χ0v) is 11.7. The van der Waals surface area contributed by atoms with Crippen LogP contribution in [0.1, 0.15) is 5.56 Å². The molecule has 1 aromatic carbocycles. The Balaban J connectivity index is 1.70. The fourth-order valence-electron chi connectivity index (χ4n) is 2.51. The maximum Gasteiger partial charge on any atom is 0.0900 e. The Bertz CT molecular complexity index is 350. The van der Waals surface area contributed by atoms with Crippen LogP contribution in [0.2, 0.25) is 0 Å². The average molecular weight is 264 g/mol. The molecule has 1 saturated heterocycles. The smallest absolute Gasteiger partial charge is 0.0900 e. The van der Waals surface area contributed by atoms with Crippen molar-refractivity contribution in [3.05, 3.63) is 35.9 Å². The van der Waals surface area contributed by atoms with Crippen molar-refractivity contribution in [2.45, 2.75) is 12.6 Å². The topological polar surface area (TPSA) is 35.9 Å². The third-order valence-electron chi connectivity index (χ3n) is 3.54. The Morgan fingerprint density at radius 3 is 2.37 bits per heavy atom. The van der Waals surface area contributed by atoms with E-state index in [0.29, 0.717) is 13.2 Å². The van der Waals surface area contributed by atoms with Gasteiger partial charge in [0.15, 0.2) is 0 Å². The van der Waals surface area contributed by atoms with Gasteiger partial charge in [0.25, 0.3) is 0 Å². The van der Waals surface area contributed by atoms with E-state index in [0.717, 1.165) is 32.7 Å². The van der Waals surface area contributed by atoms with Crippen LogP contribution in [0.15, 0.2) is 30.3 Å². The number of ether oxygens (including phenoxy) is 1. The Labute approximate surface area is 115 Å². The highest BCUT2D eigenvalue weighted by atomic mass is 16.5. The molecule has 1 atom stereocenters. The molecule has 19 heavy (non-hydrogen) atoms. The van der Waals surface area contributed by atoms with Crippen molar-refractivity contribution in [1.29, 1.82) is 0 Å². The minimum absolute atomic E-state index is 0.370. The van der Waals surface area contributed by atoms with Gasteiger partial charge in [0, 0.05) is 46.4 Å². The van der Waals surface area contributed by atoms with Crippen LogP contribution in [0.4, 0.5) is 0 Å². The van der Waals surface area contributed by atoms with Gasteiger partial charge in [0.05, 0.1) is 12.7 Å². The third kappa shape index (κ3) is 4.91. The monoisotopic (exact) mass is 264 g/mol. The van der Waals surface area contributed by atoms with Crippen molar-refractivity contribution in [2.75, 3.05) is 46.4 Å². The van der Waals surface area contributed by atoms with E-state index in [9.17, 15) is 5.11 Å². The van der Waals surface area contributed by atoms with Crippen molar-refractivity contribution >= 4 is 0 Å². The molecule has 0 saturated carbocycles. The molecular weight excluding hydrogens is 240 g/mol. The molecule has 4 nitrogen and oxygen atoms in total. The lowest BCUT2D eigenvalue weighted by Crippen LogP contribution is -2.48. The maximum absolute atomic E-state index is 9.72. The summed E-state index contributed by atoms with van der Waals surface area (Å²) in [6, 6.07) is 10.6. The lowest BCUT2D eigenvalue weighted by molar-refractivity contribution is 0.0230. The zero-order valence-electron chi connectivity index (χ0n) is 11.7. The molecule has 106 valence electrons. The number of β-amino-alcohol motifs (C(OH)–C–C–N with tert-alkyl or cyclic N) is 1. The molecule has 1 aromatic rings. The number of methoxy groups -OCH3 is 1. The first kappa shape index (κ1) is 14.5. The van der Waals surface area contributed by atoms with E-state index < -0.39 is 0 Å². The number of hydrogen-bond acceptors (Lipinski definition) is 4. The molecule has 1 N–H and O–H groups in total. The molecule has 0 aliphatic carbocycles. The normalized spacial score (nSPS) is 19.5. The van der Waals surface area contributed by atoms with Crippen LogP contribution >= 0.6 is 0 Å². The largest absolute Gasteiger partial charge is 0.389 e. The van der Waals surface area contributed by atoms with E-state index in [-0.39, 0.29) is 6.10 Å². The fraction of sp³-hybridized carbons (Fsp3) is 0.600. The van der Waals surface area contributed by atoms with Gasteiger partial charge in [0.2, 0.25) is 0 Å². The van der Waals surface area contributed by atoms with Crippen molar-refractivity contribution in [2.24, 2.45) is 0 Å². The second kappa shape index (κ2) is 7.60. The number of aliphatic hydroxyl groups excluding tert-OH is 1. The van der Waals surface area contributed by atoms with Crippen LogP contribution in [-0.4, -0.2) is 67.5 Å². The fourth-order valence-corrected chi connectivity index (χ4v) is 2.51. The number of hydrogen-bond donors (Lipinski definition) is 1. The molecule has 0 radical (unpaired) electrons. The molecule has 0 unspecified atom stereocenters. The Hall–Kier alpha value is -0.940. The van der Waals surface area contributed by atoms with Gasteiger partial charge >= 0.3 is 0 Å². The number of benzene rings is 1. The van der Waals surface area contributed by atoms with Crippen molar-refractivity contribution < 1.29 is 9.84 Å². The van der Waals surface area contributed by atoms with E-state index in [2.05, 4.69) is 40.1 Å². The van der Waals surface area contributed by atoms with Gasteiger partial charge in [-0.15, -0.1) is 0 Å². The number of rotatable bonds is 6. The zero-order chi connectivity index (χ0) is 13.5. The highest BCUT2D eigenvalue weighted by molar-refractivity contribution is 5.14. The van der Waals surface area contributed by atoms with Gasteiger partial charge in [0.1, 0.15) is 0 Å². The summed E-state index contributed by atoms with van der Waals surface area (Å²) in [6.45, 7) is 6.33. The Morgan fingerprint density at radius 2 is 1.74 bits per heavy atom. The van der Waals surface area contributed by atoms with Gasteiger partial charge in [-0.05, 0) is 5.56 Å². The van der Waals surface area contributed by atoms with Crippen LogP contribution in [0.25, 0.3) is 0 Å². The molecular formula is C15H24N2O2. The summed E-state index contributed by atoms with van der Waals surface area (Å²) in [6.07, 6.45) is -0.370. The average Bonchev–Trinajstić information content (AvgIpc) is 2.42. The molecule has 0 aromatic heterocycles. The van der Waals surface area contributed by atoms with Gasteiger partial charge < -0.3 is 9.84 Å². The summed E-state index contributed by atoms with van der Waals surface area (Å²) >= 11 is 0. The van der Waals surface area contributed by atoms with Crippen LogP contribution in [0.5, 0.6) is 0 Å². The minimum atomic E-state index is -0.370. The van der Waals surface area contributed by atoms with Gasteiger partial charge in [-0.1, -0.05) is 30.3 Å². The summed E-state index contributed by atoms with van der Waals surface area (Å²) in [5.41, 5.74) is 1.37. The summed E-state index contributed by atoms with van der Waals surface area (Å²) in [5.74, 6) is 0. The standard InChI is InChI=1S/C15H24N2O2/c1-19-13-15(18)12-17-9-7-16(8-10-17)11-14-5-3-2-4-6-14/h2-6,15,18H,7-13H2,1H3/t15-/m0/s1. The van der Waals surface area contributed by atoms with Crippen LogP contribution in [-0.2, 0) is 11.3 Å². The second-order valence-corrected chi connectivity index (χ2v) is 5.17. The molecule has 1 fully saturated rings. The maximum atomic E-state index is 9.72. The quantitative estimate of drug-likeness (QED) is 0.825. The van der Waals surface area contributed by atoms with Crippen molar-refractivity contribution in [3.8, 4) is 0 Å². The predicted octanol–water partition coefficient (Wildman–Crippen LogP) is 0.811. The summed E-state index contributed by atoms with van der Waals surface area (Å²) < 4.78 is 4.96. The van der Waals surface area contributed by atoms with Gasteiger partial charge in [-0.3, -0.25) is 9.80 Å². The molecule has 1 heterocycles. The highest BCUT2D eigenvalue weighted by Gasteiger charge is 2.18. The van der Waals surface area contributed by atoms with Crippen LogP contribution < -0.4 is 0 Å². The van der Waals surface area contributed by atoms with E-state index in [4.69, 9.17) is 4.74 Å². The van der Waals surface area contributed by atoms with Crippen molar-refractivity contribution in [3.63, 3.8) is 0 Å². The van der Waals surface area contributed by atoms with Crippen molar-refractivity contribution in [1.82, 2.24) is 9.80 Å². The van der Waals surface area contributed by atoms with E-state index in [1.54, 1.807) is 7.11 Å². The SMILES string of the molecule is COC[C@@H](O)CN1CCN(Cc2ccccc2)CC1. The summed E-state index contributed by atoms with van der Waals surface area (Å²) in [7, 11) is 1.63. The highest BCUT2D eigenvalue weighted by Crippen LogP contribution is 2.08. The van der Waals surface area contributed by atoms with Gasteiger partial charge in [-0.25, -0.2) is 0 Å². The summed E-state index contributed by atoms with van der Waals surface area (Å²) in [4.78, 5) is 4.78. The van der Waals surface area contributed by atoms with E-state index in [1.165, 1.54) is 5.56 Å². The lowest BCUT2D eigenvalue weighted by Gasteiger charge is -2.35. The predicted molar refractivity (Wildman–Crippen MR) is 76.0 cm³/mol. The summed E-state index contributed by atoms with van der Waals surface area (Å²) in [5, 5.41) is 9.72. The molecule has 1 aliphatic rings. The molecule has 0 spiro atoms. The second-order valence-electron chi connectivity index (χ2n) is 5.17. The van der Waals surface area contributed by atoms with Gasteiger partial charge in [-0.2, -0.15) is 0 Å². The first-order valence-corrected chi connectivity index (χ1v) is 6.93. The molecule has 0 bridgehead atoms. The molecule has 2 rings (SSSR count). The third-order valence-corrected chi connectivity index (χ3v) is 3.54. The Kier molecular flexibility index (Phi) is 5.79. The Morgan fingerprint density at radius 1 is 1.11 bits per heavy atom. The van der Waals surface area contributed by atoms with E-state index >= 15 is 0 Å². The number of aliphatic hydroxyl groups is 1.